The van der Waals surface area contributed by atoms with Crippen LogP contribution >= 0.6 is 11.8 Å². The van der Waals surface area contributed by atoms with Crippen LogP contribution in [0.3, 0.4) is 0 Å². The Kier molecular flexibility index (Phi) is 10.2. The van der Waals surface area contributed by atoms with E-state index in [9.17, 15) is 39.7 Å². The predicted octanol–water partition coefficient (Wildman–Crippen LogP) is 3.15. The number of likely N-dealkylation sites (tertiary alicyclic amines) is 1. The van der Waals surface area contributed by atoms with E-state index in [-0.39, 0.29) is 54.5 Å². The van der Waals surface area contributed by atoms with E-state index in [0.29, 0.717) is 11.1 Å². The van der Waals surface area contributed by atoms with Crippen LogP contribution in [-0.2, 0) is 27.5 Å². The van der Waals surface area contributed by atoms with E-state index in [4.69, 9.17) is 9.47 Å². The van der Waals surface area contributed by atoms with E-state index in [1.807, 2.05) is 0 Å². The topological polar surface area (TPSA) is 191 Å². The standard InChI is InChI=1S/C24H26N4O10S/c1-15(29)39-20-10-21(26(12-20)24(32)38-14-17-4-8-19(9-5-17)28(35)36)22(30)11-25-23(31)37-13-16-2-6-18(7-3-16)27(33)34/h2-9,20-22,30H,10-14H2,1H3,(H,25,31)/t20-,21-,22+/m0/s1. The number of benzene rings is 2. The number of hydrogen-bond donors (Lipinski definition) is 2. The molecule has 208 valence electrons. The Hall–Kier alpha value is -4.24. The Labute approximate surface area is 226 Å². The lowest BCUT2D eigenvalue weighted by Crippen LogP contribution is -2.47. The van der Waals surface area contributed by atoms with E-state index >= 15 is 0 Å². The minimum atomic E-state index is -1.21. The third kappa shape index (κ3) is 8.65. The molecule has 0 unspecified atom stereocenters. The lowest BCUT2D eigenvalue weighted by Gasteiger charge is -2.28. The molecule has 0 aromatic heterocycles. The zero-order valence-electron chi connectivity index (χ0n) is 20.8. The Balaban J connectivity index is 1.54. The van der Waals surface area contributed by atoms with Crippen LogP contribution in [0.15, 0.2) is 48.5 Å². The first-order valence-corrected chi connectivity index (χ1v) is 12.6. The molecule has 2 aromatic rings. The summed E-state index contributed by atoms with van der Waals surface area (Å²) in [5.41, 5.74) is 0.853. The number of aliphatic hydroxyl groups is 1. The summed E-state index contributed by atoms with van der Waals surface area (Å²) in [5, 5.41) is 34.3. The van der Waals surface area contributed by atoms with Crippen LogP contribution in [-0.4, -0.2) is 67.6 Å². The largest absolute Gasteiger partial charge is 0.445 e. The van der Waals surface area contributed by atoms with Crippen LogP contribution in [0.5, 0.6) is 0 Å². The monoisotopic (exact) mass is 562 g/mol. The van der Waals surface area contributed by atoms with Gasteiger partial charge in [0, 0.05) is 49.5 Å². The lowest BCUT2D eigenvalue weighted by atomic mass is 10.1. The van der Waals surface area contributed by atoms with Crippen molar-refractivity contribution in [1.82, 2.24) is 10.2 Å². The molecule has 0 spiro atoms. The van der Waals surface area contributed by atoms with Crippen LogP contribution in [0, 0.1) is 20.2 Å². The number of rotatable bonds is 10. The molecule has 14 nitrogen and oxygen atoms in total. The fourth-order valence-electron chi connectivity index (χ4n) is 3.90. The molecule has 3 rings (SSSR count). The van der Waals surface area contributed by atoms with Gasteiger partial charge in [0.25, 0.3) is 11.4 Å². The molecule has 1 aliphatic rings. The second kappa shape index (κ2) is 13.5. The summed E-state index contributed by atoms with van der Waals surface area (Å²) >= 11 is 1.04. The minimum absolute atomic E-state index is 0.0973. The summed E-state index contributed by atoms with van der Waals surface area (Å²) in [6.45, 7) is 0.965. The van der Waals surface area contributed by atoms with E-state index < -0.39 is 34.2 Å². The van der Waals surface area contributed by atoms with Crippen molar-refractivity contribution in [3.8, 4) is 0 Å². The van der Waals surface area contributed by atoms with Crippen LogP contribution in [0.1, 0.15) is 24.5 Å². The minimum Gasteiger partial charge on any atom is -0.445 e. The second-order valence-electron chi connectivity index (χ2n) is 8.61. The summed E-state index contributed by atoms with van der Waals surface area (Å²) in [4.78, 5) is 58.3. The first-order valence-electron chi connectivity index (χ1n) is 11.7. The average Bonchev–Trinajstić information content (AvgIpc) is 3.32. The fraction of sp³-hybridized carbons (Fsp3) is 0.375. The zero-order valence-corrected chi connectivity index (χ0v) is 21.6. The number of amides is 2. The summed E-state index contributed by atoms with van der Waals surface area (Å²) in [5.74, 6) is 0. The maximum atomic E-state index is 12.8. The number of nitrogens with zero attached hydrogens (tertiary/aromatic N) is 3. The molecular formula is C24H26N4O10S. The number of thioether (sulfide) groups is 1. The molecule has 2 amide bonds. The Morgan fingerprint density at radius 2 is 1.51 bits per heavy atom. The molecular weight excluding hydrogens is 536 g/mol. The SMILES string of the molecule is CC(=O)S[C@H]1C[C@@H]([C@H](O)CNC(=O)OCc2ccc([N+](=O)[O-])cc2)N(C(=O)OCc2ccc([N+](=O)[O-])cc2)C1. The van der Waals surface area contributed by atoms with Crippen molar-refractivity contribution >= 4 is 40.4 Å². The van der Waals surface area contributed by atoms with Gasteiger partial charge < -0.3 is 24.8 Å². The highest BCUT2D eigenvalue weighted by molar-refractivity contribution is 8.14. The highest BCUT2D eigenvalue weighted by Crippen LogP contribution is 2.30. The molecule has 1 aliphatic heterocycles. The zero-order chi connectivity index (χ0) is 28.5. The van der Waals surface area contributed by atoms with Gasteiger partial charge in [-0.2, -0.15) is 0 Å². The van der Waals surface area contributed by atoms with Crippen LogP contribution in [0.2, 0.25) is 0 Å². The van der Waals surface area contributed by atoms with Gasteiger partial charge in [-0.25, -0.2) is 9.59 Å². The average molecular weight is 563 g/mol. The van der Waals surface area contributed by atoms with Gasteiger partial charge in [0.05, 0.1) is 22.0 Å². The Morgan fingerprint density at radius 3 is 2.00 bits per heavy atom. The Morgan fingerprint density at radius 1 is 1.00 bits per heavy atom. The van der Waals surface area contributed by atoms with Crippen LogP contribution in [0.25, 0.3) is 0 Å². The second-order valence-corrected chi connectivity index (χ2v) is 10.1. The summed E-state index contributed by atoms with van der Waals surface area (Å²) in [6.07, 6.45) is -2.52. The number of carbonyl (C=O) groups is 3. The van der Waals surface area contributed by atoms with Gasteiger partial charge in [0.15, 0.2) is 5.12 Å². The highest BCUT2D eigenvalue weighted by atomic mass is 32.2. The number of ether oxygens (including phenoxy) is 2. The van der Waals surface area contributed by atoms with Gasteiger partial charge in [-0.1, -0.05) is 11.8 Å². The maximum Gasteiger partial charge on any atom is 0.410 e. The predicted molar refractivity (Wildman–Crippen MR) is 138 cm³/mol. The molecule has 0 bridgehead atoms. The van der Waals surface area contributed by atoms with Crippen LogP contribution in [0.4, 0.5) is 21.0 Å². The van der Waals surface area contributed by atoms with Crippen molar-refractivity contribution in [2.75, 3.05) is 13.1 Å². The number of non-ortho nitro benzene ring substituents is 2. The van der Waals surface area contributed by atoms with E-state index in [1.54, 1.807) is 0 Å². The summed E-state index contributed by atoms with van der Waals surface area (Å²) in [7, 11) is 0. The quantitative estimate of drug-likeness (QED) is 0.319. The van der Waals surface area contributed by atoms with E-state index in [1.165, 1.54) is 60.4 Å². The lowest BCUT2D eigenvalue weighted by molar-refractivity contribution is -0.385. The van der Waals surface area contributed by atoms with Crippen molar-refractivity contribution in [1.29, 1.82) is 0 Å². The molecule has 0 saturated carbocycles. The molecule has 0 radical (unpaired) electrons. The third-order valence-corrected chi connectivity index (χ3v) is 6.81. The normalized spacial score (nSPS) is 17.2. The van der Waals surface area contributed by atoms with Gasteiger partial charge in [0.2, 0.25) is 0 Å². The van der Waals surface area contributed by atoms with Crippen LogP contribution < -0.4 is 5.32 Å². The summed E-state index contributed by atoms with van der Waals surface area (Å²) in [6, 6.07) is 10.2. The van der Waals surface area contributed by atoms with E-state index in [0.717, 1.165) is 11.8 Å². The number of nitro benzene ring substituents is 2. The van der Waals surface area contributed by atoms with Crippen molar-refractivity contribution in [2.24, 2.45) is 0 Å². The fourth-order valence-corrected chi connectivity index (χ4v) is 4.90. The number of nitrogens with one attached hydrogen (secondary N) is 1. The number of carbonyl (C=O) groups excluding carboxylic acids is 3. The van der Waals surface area contributed by atoms with Crippen molar-refractivity contribution in [3.63, 3.8) is 0 Å². The van der Waals surface area contributed by atoms with Gasteiger partial charge >= 0.3 is 12.2 Å². The molecule has 3 atom stereocenters. The van der Waals surface area contributed by atoms with Gasteiger partial charge in [0.1, 0.15) is 13.2 Å². The van der Waals surface area contributed by atoms with Crippen molar-refractivity contribution < 1.29 is 38.8 Å². The number of hydrogen-bond acceptors (Lipinski definition) is 11. The first kappa shape index (κ1) is 29.3. The molecule has 1 fully saturated rings. The van der Waals surface area contributed by atoms with Crippen molar-refractivity contribution in [3.05, 3.63) is 79.9 Å². The van der Waals surface area contributed by atoms with Gasteiger partial charge in [-0.3, -0.25) is 25.0 Å². The van der Waals surface area contributed by atoms with E-state index in [2.05, 4.69) is 5.32 Å². The molecule has 2 aromatic carbocycles. The smallest absolute Gasteiger partial charge is 0.410 e. The van der Waals surface area contributed by atoms with Gasteiger partial charge in [-0.15, -0.1) is 0 Å². The van der Waals surface area contributed by atoms with Gasteiger partial charge in [-0.05, 0) is 41.8 Å². The number of nitro groups is 2. The Bertz CT molecular complexity index is 1210. The molecule has 1 heterocycles. The summed E-state index contributed by atoms with van der Waals surface area (Å²) < 4.78 is 10.4. The molecule has 39 heavy (non-hydrogen) atoms. The van der Waals surface area contributed by atoms with Crippen molar-refractivity contribution in [2.45, 2.75) is 44.0 Å². The molecule has 1 saturated heterocycles. The molecule has 0 aliphatic carbocycles. The number of alkyl carbamates (subject to hydrolysis) is 1. The highest BCUT2D eigenvalue weighted by Gasteiger charge is 2.41. The maximum absolute atomic E-state index is 12.8. The first-order chi connectivity index (χ1) is 18.5. The number of aliphatic hydroxyl groups excluding tert-OH is 1. The molecule has 2 N–H and O–H groups in total. The molecule has 15 heteroatoms. The third-order valence-electron chi connectivity index (χ3n) is 5.80.